The molecule has 6 heteroatoms. The third-order valence-electron chi connectivity index (χ3n) is 4.22. The maximum Gasteiger partial charge on any atom is 0.256 e. The normalized spacial score (nSPS) is 26.2. The van der Waals surface area contributed by atoms with Crippen molar-refractivity contribution in [2.45, 2.75) is 44.6 Å². The Bertz CT molecular complexity index is 507. The molecular weight excluding hydrogens is 340 g/mol. The lowest BCUT2D eigenvalue weighted by Crippen LogP contribution is -2.58. The van der Waals surface area contributed by atoms with Gasteiger partial charge >= 0.3 is 0 Å². The van der Waals surface area contributed by atoms with Gasteiger partial charge in [0, 0.05) is 0 Å². The molecule has 1 aliphatic rings. The molecule has 0 saturated heterocycles. The average molecular weight is 359 g/mol. The molecule has 1 aromatic heterocycles. The summed E-state index contributed by atoms with van der Waals surface area (Å²) in [6.07, 6.45) is 6.33. The van der Waals surface area contributed by atoms with E-state index in [-0.39, 0.29) is 5.91 Å². The van der Waals surface area contributed by atoms with Crippen molar-refractivity contribution in [3.05, 3.63) is 22.6 Å². The largest absolute Gasteiger partial charge is 0.457 e. The maximum absolute atomic E-state index is 12.3. The van der Waals surface area contributed by atoms with Crippen molar-refractivity contribution in [2.24, 2.45) is 11.7 Å². The third-order valence-corrected chi connectivity index (χ3v) is 5.23. The molecule has 1 aromatic rings. The fraction of sp³-hybridized carbons (Fsp3) is 0.571. The Balaban J connectivity index is 2.13. The van der Waals surface area contributed by atoms with Crippen LogP contribution in [0, 0.1) is 5.92 Å². The van der Waals surface area contributed by atoms with Crippen LogP contribution in [0.1, 0.15) is 49.4 Å². The number of carbonyl (C=O) groups excluding carboxylic acids is 1. The Morgan fingerprint density at radius 2 is 2.25 bits per heavy atom. The van der Waals surface area contributed by atoms with Gasteiger partial charge in [-0.15, -0.1) is 0 Å². The van der Waals surface area contributed by atoms with Gasteiger partial charge in [-0.1, -0.05) is 25.6 Å². The van der Waals surface area contributed by atoms with Gasteiger partial charge in [0.1, 0.15) is 0 Å². The summed E-state index contributed by atoms with van der Waals surface area (Å²) in [5.74, 6) is 0.503. The zero-order valence-electron chi connectivity index (χ0n) is 11.4. The lowest BCUT2D eigenvalue weighted by molar-refractivity contribution is 0.0896. The van der Waals surface area contributed by atoms with Crippen LogP contribution in [-0.4, -0.2) is 16.4 Å². The first-order valence-electron chi connectivity index (χ1n) is 6.84. The van der Waals surface area contributed by atoms with Gasteiger partial charge in [-0.05, 0) is 53.6 Å². The molecule has 2 rings (SSSR count). The summed E-state index contributed by atoms with van der Waals surface area (Å²) in [6, 6.07) is 1.63. The molecule has 0 spiro atoms. The molecule has 0 aromatic carbocycles. The third kappa shape index (κ3) is 3.06. The quantitative estimate of drug-likeness (QED) is 0.809. The highest BCUT2D eigenvalue weighted by atomic mass is 79.9. The van der Waals surface area contributed by atoms with E-state index in [2.05, 4.69) is 28.2 Å². The summed E-state index contributed by atoms with van der Waals surface area (Å²) in [7, 11) is 0. The maximum atomic E-state index is 12.3. The molecule has 0 atom stereocenters. The lowest BCUT2D eigenvalue weighted by Gasteiger charge is -2.39. The smallest absolute Gasteiger partial charge is 0.256 e. The molecule has 110 valence electrons. The van der Waals surface area contributed by atoms with Crippen LogP contribution in [0.15, 0.2) is 21.4 Å². The summed E-state index contributed by atoms with van der Waals surface area (Å²) in [4.78, 5) is 12.7. The van der Waals surface area contributed by atoms with Crippen LogP contribution >= 0.6 is 28.1 Å². The molecule has 0 radical (unpaired) electrons. The molecule has 0 bridgehead atoms. The van der Waals surface area contributed by atoms with Crippen LogP contribution in [0.5, 0.6) is 0 Å². The van der Waals surface area contributed by atoms with Crippen molar-refractivity contribution in [3.8, 4) is 0 Å². The summed E-state index contributed by atoms with van der Waals surface area (Å²) in [6.45, 7) is 2.19. The SMILES string of the molecule is CCC1CCC(NC(=O)c2ccoc2Br)(C(N)=S)CC1. The van der Waals surface area contributed by atoms with Gasteiger partial charge in [-0.2, -0.15) is 0 Å². The van der Waals surface area contributed by atoms with Crippen LogP contribution in [0.2, 0.25) is 0 Å². The van der Waals surface area contributed by atoms with E-state index >= 15 is 0 Å². The molecule has 4 nitrogen and oxygen atoms in total. The molecule has 1 saturated carbocycles. The first kappa shape index (κ1) is 15.5. The lowest BCUT2D eigenvalue weighted by atomic mass is 9.75. The van der Waals surface area contributed by atoms with Gasteiger partial charge in [0.2, 0.25) is 0 Å². The number of hydrogen-bond acceptors (Lipinski definition) is 3. The Morgan fingerprint density at radius 1 is 1.60 bits per heavy atom. The van der Waals surface area contributed by atoms with Gasteiger partial charge in [0.15, 0.2) is 4.67 Å². The van der Waals surface area contributed by atoms with E-state index in [4.69, 9.17) is 22.4 Å². The second-order valence-electron chi connectivity index (χ2n) is 5.36. The van der Waals surface area contributed by atoms with Gasteiger partial charge in [0.05, 0.1) is 22.4 Å². The van der Waals surface area contributed by atoms with Crippen molar-refractivity contribution in [1.82, 2.24) is 5.32 Å². The van der Waals surface area contributed by atoms with E-state index in [9.17, 15) is 4.79 Å². The van der Waals surface area contributed by atoms with Gasteiger partial charge in [-0.3, -0.25) is 4.79 Å². The Labute approximate surface area is 132 Å². The minimum absolute atomic E-state index is 0.201. The minimum atomic E-state index is -0.561. The highest BCUT2D eigenvalue weighted by Crippen LogP contribution is 2.34. The highest BCUT2D eigenvalue weighted by molar-refractivity contribution is 9.10. The van der Waals surface area contributed by atoms with Crippen molar-refractivity contribution >= 4 is 39.0 Å². The molecule has 1 heterocycles. The van der Waals surface area contributed by atoms with E-state index in [0.717, 1.165) is 32.1 Å². The second kappa shape index (κ2) is 6.26. The van der Waals surface area contributed by atoms with E-state index in [0.29, 0.717) is 21.1 Å². The molecule has 20 heavy (non-hydrogen) atoms. The van der Waals surface area contributed by atoms with E-state index in [1.807, 2.05) is 0 Å². The number of hydrogen-bond donors (Lipinski definition) is 2. The van der Waals surface area contributed by atoms with E-state index < -0.39 is 5.54 Å². The average Bonchev–Trinajstić information content (AvgIpc) is 2.85. The van der Waals surface area contributed by atoms with Crippen LogP contribution < -0.4 is 11.1 Å². The van der Waals surface area contributed by atoms with Crippen molar-refractivity contribution in [1.29, 1.82) is 0 Å². The first-order valence-corrected chi connectivity index (χ1v) is 8.04. The number of halogens is 1. The molecule has 0 unspecified atom stereocenters. The van der Waals surface area contributed by atoms with Gasteiger partial charge < -0.3 is 15.5 Å². The van der Waals surface area contributed by atoms with E-state index in [1.54, 1.807) is 6.07 Å². The Kier molecular flexibility index (Phi) is 4.86. The number of nitrogens with two attached hydrogens (primary N) is 1. The molecule has 1 fully saturated rings. The second-order valence-corrected chi connectivity index (χ2v) is 6.52. The summed E-state index contributed by atoms with van der Waals surface area (Å²) in [5, 5.41) is 3.02. The van der Waals surface area contributed by atoms with Crippen LogP contribution in [0.4, 0.5) is 0 Å². The number of nitrogens with one attached hydrogen (secondary N) is 1. The number of rotatable bonds is 4. The van der Waals surface area contributed by atoms with Crippen molar-refractivity contribution in [2.75, 3.05) is 0 Å². The van der Waals surface area contributed by atoms with Gasteiger partial charge in [0.25, 0.3) is 5.91 Å². The predicted octanol–water partition coefficient (Wildman–Crippen LogP) is 3.40. The van der Waals surface area contributed by atoms with Gasteiger partial charge in [-0.25, -0.2) is 0 Å². The standard InChI is InChI=1S/C14H19BrN2O2S/c1-2-9-3-6-14(7-4-9,13(16)20)17-12(18)10-5-8-19-11(10)15/h5,8-9H,2-4,6-7H2,1H3,(H2,16,20)(H,17,18). The summed E-state index contributed by atoms with van der Waals surface area (Å²) < 4.78 is 5.52. The molecule has 3 N–H and O–H groups in total. The highest BCUT2D eigenvalue weighted by Gasteiger charge is 2.39. The zero-order valence-corrected chi connectivity index (χ0v) is 13.9. The summed E-state index contributed by atoms with van der Waals surface area (Å²) >= 11 is 8.43. The topological polar surface area (TPSA) is 68.3 Å². The zero-order chi connectivity index (χ0) is 14.8. The van der Waals surface area contributed by atoms with E-state index in [1.165, 1.54) is 6.26 Å². The molecule has 1 aliphatic carbocycles. The Morgan fingerprint density at radius 3 is 2.70 bits per heavy atom. The van der Waals surface area contributed by atoms with Crippen LogP contribution in [0.3, 0.4) is 0 Å². The van der Waals surface area contributed by atoms with Crippen LogP contribution in [0.25, 0.3) is 0 Å². The molecular formula is C14H19BrN2O2S. The van der Waals surface area contributed by atoms with Crippen molar-refractivity contribution < 1.29 is 9.21 Å². The number of thiocarbonyl (C=S) groups is 1. The fourth-order valence-corrected chi connectivity index (χ4v) is 3.43. The molecule has 1 amide bonds. The summed E-state index contributed by atoms with van der Waals surface area (Å²) in [5.41, 5.74) is 5.82. The number of carbonyl (C=O) groups is 1. The Hall–Kier alpha value is -0.880. The molecule has 0 aliphatic heterocycles. The number of amides is 1. The van der Waals surface area contributed by atoms with Crippen LogP contribution in [-0.2, 0) is 0 Å². The predicted molar refractivity (Wildman–Crippen MR) is 85.6 cm³/mol. The first-order chi connectivity index (χ1) is 9.48. The van der Waals surface area contributed by atoms with Crippen molar-refractivity contribution in [3.63, 3.8) is 0 Å². The fourth-order valence-electron chi connectivity index (χ4n) is 2.75. The number of furan rings is 1. The monoisotopic (exact) mass is 358 g/mol. The minimum Gasteiger partial charge on any atom is -0.457 e.